The van der Waals surface area contributed by atoms with Gasteiger partial charge in [0.25, 0.3) is 15.9 Å². The average Bonchev–Trinajstić information content (AvgIpc) is 2.69. The van der Waals surface area contributed by atoms with Crippen LogP contribution in [0.1, 0.15) is 35.7 Å². The van der Waals surface area contributed by atoms with Crippen LogP contribution in [0.15, 0.2) is 51.8 Å². The zero-order chi connectivity index (χ0) is 21.9. The van der Waals surface area contributed by atoms with Crippen molar-refractivity contribution >= 4 is 38.9 Å². The summed E-state index contributed by atoms with van der Waals surface area (Å²) in [5, 5.41) is 2.88. The molecule has 0 unspecified atom stereocenters. The Labute approximate surface area is 183 Å². The number of likely N-dealkylation sites (tertiary alicyclic amines) is 1. The van der Waals surface area contributed by atoms with Crippen molar-refractivity contribution < 1.29 is 13.2 Å². The van der Waals surface area contributed by atoms with Gasteiger partial charge in [0.15, 0.2) is 0 Å². The average molecular weight is 448 g/mol. The van der Waals surface area contributed by atoms with E-state index < -0.39 is 10.0 Å². The monoisotopic (exact) mass is 447 g/mol. The number of rotatable bonds is 5. The molecule has 30 heavy (non-hydrogen) atoms. The van der Waals surface area contributed by atoms with Crippen molar-refractivity contribution in [1.82, 2.24) is 4.90 Å². The SMILES string of the molecule is C/C(=N/S(=O)(=O)c1ccc(NC(=O)c2ccccc2C)c(Cl)c1)C1CCN(C)CC1. The van der Waals surface area contributed by atoms with Crippen LogP contribution in [-0.4, -0.2) is 45.1 Å². The maximum absolute atomic E-state index is 12.8. The molecule has 1 fully saturated rings. The predicted octanol–water partition coefficient (Wildman–Crippen LogP) is 4.39. The van der Waals surface area contributed by atoms with Gasteiger partial charge in [0, 0.05) is 17.2 Å². The Morgan fingerprint density at radius 1 is 1.17 bits per heavy atom. The summed E-state index contributed by atoms with van der Waals surface area (Å²) in [7, 11) is -1.82. The minimum atomic E-state index is -3.87. The molecule has 1 N–H and O–H groups in total. The number of anilines is 1. The van der Waals surface area contributed by atoms with E-state index in [0.717, 1.165) is 31.5 Å². The van der Waals surface area contributed by atoms with Gasteiger partial charge in [0.1, 0.15) is 0 Å². The van der Waals surface area contributed by atoms with Crippen LogP contribution in [0.4, 0.5) is 5.69 Å². The molecule has 1 amide bonds. The summed E-state index contributed by atoms with van der Waals surface area (Å²) >= 11 is 6.27. The van der Waals surface area contributed by atoms with Crippen LogP contribution in [0, 0.1) is 12.8 Å². The second-order valence-electron chi connectivity index (χ2n) is 7.70. The van der Waals surface area contributed by atoms with E-state index >= 15 is 0 Å². The second kappa shape index (κ2) is 9.29. The highest BCUT2D eigenvalue weighted by Gasteiger charge is 2.22. The molecular formula is C22H26ClN3O3S. The number of halogens is 1. The third kappa shape index (κ3) is 5.28. The van der Waals surface area contributed by atoms with E-state index in [2.05, 4.69) is 21.7 Å². The maximum atomic E-state index is 12.8. The molecule has 6 nitrogen and oxygen atoms in total. The van der Waals surface area contributed by atoms with Gasteiger partial charge in [-0.1, -0.05) is 29.8 Å². The first-order chi connectivity index (χ1) is 14.2. The number of aryl methyl sites for hydroxylation is 1. The zero-order valence-corrected chi connectivity index (χ0v) is 18.9. The van der Waals surface area contributed by atoms with E-state index in [4.69, 9.17) is 11.6 Å². The van der Waals surface area contributed by atoms with Crippen molar-refractivity contribution in [1.29, 1.82) is 0 Å². The molecule has 0 atom stereocenters. The molecule has 1 aliphatic heterocycles. The number of carbonyl (C=O) groups excluding carboxylic acids is 1. The molecule has 160 valence electrons. The molecule has 0 spiro atoms. The third-order valence-electron chi connectivity index (χ3n) is 5.45. The van der Waals surface area contributed by atoms with Gasteiger partial charge in [0.05, 0.1) is 15.6 Å². The molecule has 2 aromatic rings. The summed E-state index contributed by atoms with van der Waals surface area (Å²) in [5.41, 5.74) is 2.34. The maximum Gasteiger partial charge on any atom is 0.282 e. The second-order valence-corrected chi connectivity index (χ2v) is 9.71. The van der Waals surface area contributed by atoms with Crippen LogP contribution in [0.25, 0.3) is 0 Å². The largest absolute Gasteiger partial charge is 0.321 e. The Balaban J connectivity index is 1.77. The first-order valence-corrected chi connectivity index (χ1v) is 11.7. The van der Waals surface area contributed by atoms with Crippen LogP contribution in [0.3, 0.4) is 0 Å². The van der Waals surface area contributed by atoms with Gasteiger partial charge in [0.2, 0.25) is 0 Å². The number of benzene rings is 2. The minimum absolute atomic E-state index is 0.00803. The lowest BCUT2D eigenvalue weighted by Gasteiger charge is -2.28. The van der Waals surface area contributed by atoms with Crippen molar-refractivity contribution in [3.8, 4) is 0 Å². The molecule has 2 aromatic carbocycles. The van der Waals surface area contributed by atoms with Crippen LogP contribution in [0.2, 0.25) is 5.02 Å². The molecule has 0 aromatic heterocycles. The van der Waals surface area contributed by atoms with Gasteiger partial charge >= 0.3 is 0 Å². The number of sulfonamides is 1. The molecular weight excluding hydrogens is 422 g/mol. The van der Waals surface area contributed by atoms with Crippen LogP contribution in [0.5, 0.6) is 0 Å². The van der Waals surface area contributed by atoms with Crippen molar-refractivity contribution in [2.75, 3.05) is 25.5 Å². The first-order valence-electron chi connectivity index (χ1n) is 9.84. The van der Waals surface area contributed by atoms with Crippen molar-refractivity contribution in [2.45, 2.75) is 31.6 Å². The molecule has 1 aliphatic rings. The van der Waals surface area contributed by atoms with E-state index in [1.54, 1.807) is 19.1 Å². The standard InChI is InChI=1S/C22H26ClN3O3S/c1-15-6-4-5-7-19(15)22(27)24-21-9-8-18(14-20(21)23)30(28,29)25-16(2)17-10-12-26(3)13-11-17/h4-9,14,17H,10-13H2,1-3H3,(H,24,27)/b25-16-. The van der Waals surface area contributed by atoms with E-state index in [-0.39, 0.29) is 21.7 Å². The summed E-state index contributed by atoms with van der Waals surface area (Å²) in [6.45, 7) is 5.47. The molecule has 8 heteroatoms. The summed E-state index contributed by atoms with van der Waals surface area (Å²) in [6.07, 6.45) is 1.79. The molecule has 0 aliphatic carbocycles. The Morgan fingerprint density at radius 2 is 1.83 bits per heavy atom. The molecule has 1 saturated heterocycles. The van der Waals surface area contributed by atoms with Crippen LogP contribution in [-0.2, 0) is 10.0 Å². The lowest BCUT2D eigenvalue weighted by Crippen LogP contribution is -2.33. The van der Waals surface area contributed by atoms with Crippen LogP contribution >= 0.6 is 11.6 Å². The van der Waals surface area contributed by atoms with Crippen LogP contribution < -0.4 is 5.32 Å². The lowest BCUT2D eigenvalue weighted by atomic mass is 9.93. The zero-order valence-electron chi connectivity index (χ0n) is 17.4. The quantitative estimate of drug-likeness (QED) is 0.689. The Kier molecular flexibility index (Phi) is 6.95. The van der Waals surface area contributed by atoms with Crippen molar-refractivity contribution in [2.24, 2.45) is 10.3 Å². The fourth-order valence-electron chi connectivity index (χ4n) is 3.52. The Hall–Kier alpha value is -2.22. The lowest BCUT2D eigenvalue weighted by molar-refractivity contribution is 0.102. The van der Waals surface area contributed by atoms with Gasteiger partial charge in [-0.2, -0.15) is 12.8 Å². The number of carbonyl (C=O) groups is 1. The Morgan fingerprint density at radius 3 is 2.47 bits per heavy atom. The number of piperidine rings is 1. The van der Waals surface area contributed by atoms with E-state index in [1.165, 1.54) is 18.2 Å². The summed E-state index contributed by atoms with van der Waals surface area (Å²) in [5.74, 6) is -0.138. The van der Waals surface area contributed by atoms with Crippen molar-refractivity contribution in [3.63, 3.8) is 0 Å². The highest BCUT2D eigenvalue weighted by atomic mass is 35.5. The fraction of sp³-hybridized carbons (Fsp3) is 0.364. The summed E-state index contributed by atoms with van der Waals surface area (Å²) in [6, 6.07) is 11.4. The normalized spacial score (nSPS) is 16.5. The first kappa shape index (κ1) is 22.5. The minimum Gasteiger partial charge on any atom is -0.321 e. The van der Waals surface area contributed by atoms with Gasteiger partial charge in [-0.3, -0.25) is 4.79 Å². The number of nitrogens with one attached hydrogen (secondary N) is 1. The van der Waals surface area contributed by atoms with E-state index in [1.807, 2.05) is 19.1 Å². The number of nitrogens with zero attached hydrogens (tertiary/aromatic N) is 2. The molecule has 0 bridgehead atoms. The third-order valence-corrected chi connectivity index (χ3v) is 7.14. The fourth-order valence-corrected chi connectivity index (χ4v) is 4.95. The highest BCUT2D eigenvalue weighted by Crippen LogP contribution is 2.28. The molecule has 3 rings (SSSR count). The summed E-state index contributed by atoms with van der Waals surface area (Å²) in [4.78, 5) is 14.7. The molecule has 0 saturated carbocycles. The van der Waals surface area contributed by atoms with Crippen molar-refractivity contribution in [3.05, 3.63) is 58.6 Å². The molecule has 1 heterocycles. The topological polar surface area (TPSA) is 78.8 Å². The number of amides is 1. The Bertz CT molecular complexity index is 1070. The van der Waals surface area contributed by atoms with E-state index in [9.17, 15) is 13.2 Å². The smallest absolute Gasteiger partial charge is 0.282 e. The predicted molar refractivity (Wildman–Crippen MR) is 121 cm³/mol. The van der Waals surface area contributed by atoms with Gasteiger partial charge < -0.3 is 10.2 Å². The molecule has 0 radical (unpaired) electrons. The number of hydrogen-bond donors (Lipinski definition) is 1. The van der Waals surface area contributed by atoms with Gasteiger partial charge in [-0.05, 0) is 76.7 Å². The van der Waals surface area contributed by atoms with E-state index in [0.29, 0.717) is 17.0 Å². The highest BCUT2D eigenvalue weighted by molar-refractivity contribution is 7.90. The number of hydrogen-bond acceptors (Lipinski definition) is 4. The van der Waals surface area contributed by atoms with Gasteiger partial charge in [-0.15, -0.1) is 0 Å². The summed E-state index contributed by atoms with van der Waals surface area (Å²) < 4.78 is 29.6. The van der Waals surface area contributed by atoms with Gasteiger partial charge in [-0.25, -0.2) is 0 Å².